The minimum Gasteiger partial charge on any atom is -0.384 e. The van der Waals surface area contributed by atoms with Gasteiger partial charge in [0, 0.05) is 37.8 Å². The normalized spacial score (nSPS) is 16.5. The van der Waals surface area contributed by atoms with Crippen molar-refractivity contribution in [1.29, 1.82) is 0 Å². The minimum atomic E-state index is -0.431. The van der Waals surface area contributed by atoms with Crippen LogP contribution in [0.5, 0.6) is 0 Å². The molecule has 0 atom stereocenters. The molecule has 0 radical (unpaired) electrons. The summed E-state index contributed by atoms with van der Waals surface area (Å²) in [6.45, 7) is 8.05. The number of nitrogen functional groups attached to an aromatic ring is 1. The molecule has 0 aliphatic carbocycles. The number of rotatable bonds is 6. The topological polar surface area (TPSA) is 85.5 Å². The third-order valence-electron chi connectivity index (χ3n) is 4.77. The lowest BCUT2D eigenvalue weighted by molar-refractivity contribution is 0.359. The van der Waals surface area contributed by atoms with E-state index < -0.39 is 5.82 Å². The van der Waals surface area contributed by atoms with Crippen LogP contribution in [-0.4, -0.2) is 39.5 Å². The van der Waals surface area contributed by atoms with E-state index in [0.29, 0.717) is 24.2 Å². The second kappa shape index (κ2) is 8.29. The summed E-state index contributed by atoms with van der Waals surface area (Å²) in [6.07, 6.45) is 3.87. The lowest BCUT2D eigenvalue weighted by Gasteiger charge is -2.32. The Hall–Kier alpha value is -2.09. The molecule has 0 aromatic carbocycles. The highest BCUT2D eigenvalue weighted by molar-refractivity contribution is 6.70. The molecule has 3 rings (SSSR count). The molecule has 2 N–H and O–H groups in total. The molecule has 27 heavy (non-hydrogen) atoms. The Morgan fingerprint density at radius 1 is 1.44 bits per heavy atom. The minimum absolute atomic E-state index is 0.0941. The van der Waals surface area contributed by atoms with Gasteiger partial charge in [-0.25, -0.2) is 4.39 Å². The monoisotopic (exact) mass is 396 g/mol. The van der Waals surface area contributed by atoms with Crippen molar-refractivity contribution in [2.75, 3.05) is 30.3 Å². The first-order chi connectivity index (χ1) is 12.9. The molecule has 148 valence electrons. The standard InChI is InChI=1S/C18H26ClFN6O/c1-4-7-22-15(19)14-13(20)10-26(16(14)21)12-5-8-25(9-6-12)18-23-17(11(2)3)27-24-18/h10-12H,4-9,21H2,1-3H3. The lowest BCUT2D eigenvalue weighted by atomic mass is 10.1. The van der Waals surface area contributed by atoms with Crippen LogP contribution in [0.15, 0.2) is 15.7 Å². The van der Waals surface area contributed by atoms with Gasteiger partial charge >= 0.3 is 0 Å². The SMILES string of the molecule is CCCN=C(Cl)c1c(F)cn(C2CCN(c3noc(C(C)C)n3)CC2)c1N. The van der Waals surface area contributed by atoms with Gasteiger partial charge in [0.15, 0.2) is 5.82 Å². The van der Waals surface area contributed by atoms with E-state index in [-0.39, 0.29) is 22.7 Å². The van der Waals surface area contributed by atoms with Crippen molar-refractivity contribution < 1.29 is 8.91 Å². The number of piperidine rings is 1. The first-order valence-electron chi connectivity index (χ1n) is 9.37. The summed E-state index contributed by atoms with van der Waals surface area (Å²) in [5.74, 6) is 1.34. The Morgan fingerprint density at radius 2 is 2.15 bits per heavy atom. The number of nitrogens with zero attached hydrogens (tertiary/aromatic N) is 5. The van der Waals surface area contributed by atoms with E-state index in [1.54, 1.807) is 4.57 Å². The van der Waals surface area contributed by atoms with Gasteiger partial charge < -0.3 is 19.7 Å². The fraction of sp³-hybridized carbons (Fsp3) is 0.611. The molecule has 1 aliphatic rings. The smallest absolute Gasteiger partial charge is 0.266 e. The fourth-order valence-corrected chi connectivity index (χ4v) is 3.51. The van der Waals surface area contributed by atoms with Gasteiger partial charge in [0.25, 0.3) is 5.95 Å². The maximum Gasteiger partial charge on any atom is 0.266 e. The van der Waals surface area contributed by atoms with E-state index in [2.05, 4.69) is 20.0 Å². The van der Waals surface area contributed by atoms with Gasteiger partial charge in [-0.3, -0.25) is 4.99 Å². The number of nitrogens with two attached hydrogens (primary N) is 1. The molecule has 1 saturated heterocycles. The molecule has 7 nitrogen and oxygen atoms in total. The molecule has 0 amide bonds. The number of hydrogen-bond acceptors (Lipinski definition) is 6. The van der Waals surface area contributed by atoms with Gasteiger partial charge in [-0.1, -0.05) is 32.4 Å². The molecule has 1 fully saturated rings. The maximum absolute atomic E-state index is 14.4. The Bertz CT molecular complexity index is 807. The molecule has 0 unspecified atom stereocenters. The van der Waals surface area contributed by atoms with Crippen molar-refractivity contribution in [2.45, 2.75) is 52.0 Å². The summed E-state index contributed by atoms with van der Waals surface area (Å²) in [7, 11) is 0. The van der Waals surface area contributed by atoms with Gasteiger partial charge in [0.2, 0.25) is 5.89 Å². The van der Waals surface area contributed by atoms with Crippen molar-refractivity contribution in [2.24, 2.45) is 4.99 Å². The van der Waals surface area contributed by atoms with Crippen molar-refractivity contribution in [1.82, 2.24) is 14.7 Å². The summed E-state index contributed by atoms with van der Waals surface area (Å²) in [4.78, 5) is 10.7. The van der Waals surface area contributed by atoms with E-state index in [4.69, 9.17) is 21.9 Å². The van der Waals surface area contributed by atoms with Crippen molar-refractivity contribution >= 4 is 28.5 Å². The van der Waals surface area contributed by atoms with Crippen molar-refractivity contribution in [3.63, 3.8) is 0 Å². The zero-order valence-electron chi connectivity index (χ0n) is 16.0. The predicted octanol–water partition coefficient (Wildman–Crippen LogP) is 3.95. The largest absolute Gasteiger partial charge is 0.384 e. The van der Waals surface area contributed by atoms with Crippen LogP contribution >= 0.6 is 11.6 Å². The Kier molecular flexibility index (Phi) is 6.04. The number of aliphatic imine (C=N–C) groups is 1. The van der Waals surface area contributed by atoms with Crippen molar-refractivity contribution in [3.05, 3.63) is 23.5 Å². The zero-order chi connectivity index (χ0) is 19.6. The molecule has 3 heterocycles. The highest BCUT2D eigenvalue weighted by atomic mass is 35.5. The molecule has 1 aliphatic heterocycles. The van der Waals surface area contributed by atoms with Gasteiger partial charge in [-0.05, 0) is 24.4 Å². The summed E-state index contributed by atoms with van der Waals surface area (Å²) < 4.78 is 21.5. The van der Waals surface area contributed by atoms with Crippen LogP contribution in [0.4, 0.5) is 16.2 Å². The zero-order valence-corrected chi connectivity index (χ0v) is 16.7. The maximum atomic E-state index is 14.4. The van der Waals surface area contributed by atoms with Crippen LogP contribution < -0.4 is 10.6 Å². The summed E-state index contributed by atoms with van der Waals surface area (Å²) >= 11 is 6.16. The van der Waals surface area contributed by atoms with E-state index in [1.165, 1.54) is 6.20 Å². The molecule has 2 aromatic heterocycles. The van der Waals surface area contributed by atoms with Crippen LogP contribution in [0.2, 0.25) is 0 Å². The van der Waals surface area contributed by atoms with Crippen LogP contribution in [0, 0.1) is 5.82 Å². The Morgan fingerprint density at radius 3 is 2.74 bits per heavy atom. The van der Waals surface area contributed by atoms with Gasteiger partial charge in [0.1, 0.15) is 11.0 Å². The van der Waals surface area contributed by atoms with Crippen LogP contribution in [0.3, 0.4) is 0 Å². The molecule has 0 saturated carbocycles. The molecular formula is C18H26ClFN6O. The van der Waals surface area contributed by atoms with Gasteiger partial charge in [0.05, 0.1) is 5.56 Å². The number of anilines is 2. The van der Waals surface area contributed by atoms with Crippen LogP contribution in [0.25, 0.3) is 0 Å². The first kappa shape index (κ1) is 19.7. The Labute approximate surface area is 163 Å². The number of aromatic nitrogens is 3. The average molecular weight is 397 g/mol. The average Bonchev–Trinajstić information content (AvgIpc) is 3.25. The second-order valence-corrected chi connectivity index (χ2v) is 7.48. The van der Waals surface area contributed by atoms with E-state index in [9.17, 15) is 4.39 Å². The third-order valence-corrected chi connectivity index (χ3v) is 5.08. The van der Waals surface area contributed by atoms with Gasteiger partial charge in [-0.2, -0.15) is 4.98 Å². The van der Waals surface area contributed by atoms with Gasteiger partial charge in [-0.15, -0.1) is 0 Å². The molecule has 0 spiro atoms. The summed E-state index contributed by atoms with van der Waals surface area (Å²) in [5, 5.41) is 4.20. The first-order valence-corrected chi connectivity index (χ1v) is 9.74. The Balaban J connectivity index is 1.71. The predicted molar refractivity (Wildman–Crippen MR) is 105 cm³/mol. The summed E-state index contributed by atoms with van der Waals surface area (Å²) in [6, 6.07) is 0.0941. The number of hydrogen-bond donors (Lipinski definition) is 1. The third kappa shape index (κ3) is 4.10. The van der Waals surface area contributed by atoms with E-state index in [0.717, 1.165) is 32.4 Å². The van der Waals surface area contributed by atoms with E-state index >= 15 is 0 Å². The molecule has 2 aromatic rings. The number of halogens is 2. The second-order valence-electron chi connectivity index (χ2n) is 7.12. The lowest BCUT2D eigenvalue weighted by Crippen LogP contribution is -2.35. The van der Waals surface area contributed by atoms with Crippen LogP contribution in [-0.2, 0) is 0 Å². The van der Waals surface area contributed by atoms with Crippen molar-refractivity contribution in [3.8, 4) is 0 Å². The van der Waals surface area contributed by atoms with E-state index in [1.807, 2.05) is 20.8 Å². The fourth-order valence-electron chi connectivity index (χ4n) is 3.24. The molecular weight excluding hydrogens is 371 g/mol. The van der Waals surface area contributed by atoms with Crippen LogP contribution in [0.1, 0.15) is 63.4 Å². The highest BCUT2D eigenvalue weighted by Crippen LogP contribution is 2.31. The quantitative estimate of drug-likeness (QED) is 0.747. The molecule has 9 heteroatoms. The highest BCUT2D eigenvalue weighted by Gasteiger charge is 2.27. The summed E-state index contributed by atoms with van der Waals surface area (Å²) in [5.41, 5.74) is 6.40. The molecule has 0 bridgehead atoms.